The summed E-state index contributed by atoms with van der Waals surface area (Å²) in [5.41, 5.74) is 0. The van der Waals surface area contributed by atoms with Gasteiger partial charge in [0.2, 0.25) is 0 Å². The normalized spacial score (nSPS) is 27.5. The molecule has 2 nitrogen and oxygen atoms in total. The van der Waals surface area contributed by atoms with Crippen molar-refractivity contribution in [2.75, 3.05) is 26.3 Å². The highest BCUT2D eigenvalue weighted by Gasteiger charge is 2.28. The molecule has 2 rings (SSSR count). The molecule has 0 saturated carbocycles. The Kier molecular flexibility index (Phi) is 3.23. The molecule has 2 aliphatic rings. The van der Waals surface area contributed by atoms with E-state index < -0.39 is 0 Å². The van der Waals surface area contributed by atoms with Crippen LogP contribution in [0.3, 0.4) is 0 Å². The van der Waals surface area contributed by atoms with Crippen LogP contribution in [0.1, 0.15) is 32.6 Å². The molecule has 0 N–H and O–H groups in total. The van der Waals surface area contributed by atoms with E-state index in [0.29, 0.717) is 0 Å². The zero-order chi connectivity index (χ0) is 9.10. The lowest BCUT2D eigenvalue weighted by atomic mass is 9.91. The van der Waals surface area contributed by atoms with Crippen molar-refractivity contribution < 1.29 is 4.74 Å². The van der Waals surface area contributed by atoms with Gasteiger partial charge in [-0.25, -0.2) is 0 Å². The lowest BCUT2D eigenvalue weighted by molar-refractivity contribution is -0.0740. The molecular formula is C11H21NO. The van der Waals surface area contributed by atoms with Crippen LogP contribution in [0, 0.1) is 5.92 Å². The summed E-state index contributed by atoms with van der Waals surface area (Å²) in [5.74, 6) is 1.02. The van der Waals surface area contributed by atoms with Crippen molar-refractivity contribution in [3.8, 4) is 0 Å². The van der Waals surface area contributed by atoms with Gasteiger partial charge in [-0.05, 0) is 31.8 Å². The van der Waals surface area contributed by atoms with Crippen LogP contribution < -0.4 is 0 Å². The van der Waals surface area contributed by atoms with E-state index in [2.05, 4.69) is 11.8 Å². The first-order valence-electron chi connectivity index (χ1n) is 5.72. The summed E-state index contributed by atoms with van der Waals surface area (Å²) in [6, 6.07) is 0.766. The van der Waals surface area contributed by atoms with Gasteiger partial charge in [0.25, 0.3) is 0 Å². The molecule has 0 aromatic heterocycles. The first-order valence-corrected chi connectivity index (χ1v) is 5.72. The van der Waals surface area contributed by atoms with Crippen LogP contribution in [0.25, 0.3) is 0 Å². The van der Waals surface area contributed by atoms with Gasteiger partial charge in [0.1, 0.15) is 0 Å². The largest absolute Gasteiger partial charge is 0.378 e. The quantitative estimate of drug-likeness (QED) is 0.662. The number of nitrogens with zero attached hydrogens (tertiary/aromatic N) is 1. The molecule has 0 aromatic carbocycles. The summed E-state index contributed by atoms with van der Waals surface area (Å²) < 4.78 is 5.22. The third-order valence-corrected chi connectivity index (χ3v) is 3.48. The fourth-order valence-electron chi connectivity index (χ4n) is 2.45. The van der Waals surface area contributed by atoms with Crippen molar-refractivity contribution in [2.24, 2.45) is 5.92 Å². The first-order chi connectivity index (χ1) is 6.40. The predicted octanol–water partition coefficient (Wildman–Crippen LogP) is 1.90. The maximum atomic E-state index is 5.22. The van der Waals surface area contributed by atoms with E-state index in [0.717, 1.165) is 25.2 Å². The van der Waals surface area contributed by atoms with Gasteiger partial charge in [-0.2, -0.15) is 0 Å². The van der Waals surface area contributed by atoms with Crippen LogP contribution in [-0.2, 0) is 4.74 Å². The molecule has 2 fully saturated rings. The summed E-state index contributed by atoms with van der Waals surface area (Å²) >= 11 is 0. The van der Waals surface area contributed by atoms with Crippen molar-refractivity contribution in [2.45, 2.75) is 38.6 Å². The smallest absolute Gasteiger partial charge is 0.0645 e. The van der Waals surface area contributed by atoms with Crippen LogP contribution in [0.2, 0.25) is 0 Å². The van der Waals surface area contributed by atoms with Gasteiger partial charge < -0.3 is 4.74 Å². The molecule has 0 atom stereocenters. The minimum absolute atomic E-state index is 0.766. The molecule has 2 heterocycles. The topological polar surface area (TPSA) is 12.5 Å². The monoisotopic (exact) mass is 183 g/mol. The highest BCUT2D eigenvalue weighted by Crippen LogP contribution is 2.24. The molecule has 0 bridgehead atoms. The minimum Gasteiger partial charge on any atom is -0.378 e. The van der Waals surface area contributed by atoms with Gasteiger partial charge in [-0.15, -0.1) is 0 Å². The molecule has 0 aromatic rings. The predicted molar refractivity (Wildman–Crippen MR) is 53.8 cm³/mol. The van der Waals surface area contributed by atoms with Gasteiger partial charge in [-0.1, -0.05) is 19.8 Å². The van der Waals surface area contributed by atoms with Gasteiger partial charge >= 0.3 is 0 Å². The van der Waals surface area contributed by atoms with Crippen LogP contribution >= 0.6 is 0 Å². The maximum Gasteiger partial charge on any atom is 0.0645 e. The van der Waals surface area contributed by atoms with Gasteiger partial charge in [0.15, 0.2) is 0 Å². The Bertz CT molecular complexity index is 148. The van der Waals surface area contributed by atoms with Gasteiger partial charge in [0.05, 0.1) is 19.3 Å². The third-order valence-electron chi connectivity index (χ3n) is 3.48. The van der Waals surface area contributed by atoms with E-state index >= 15 is 0 Å². The zero-order valence-electron chi connectivity index (χ0n) is 8.67. The van der Waals surface area contributed by atoms with Crippen LogP contribution in [-0.4, -0.2) is 37.2 Å². The number of hydrogen-bond acceptors (Lipinski definition) is 2. The Hall–Kier alpha value is -0.0800. The SMILES string of the molecule is CCCC1CCN(C2COC2)CC1. The number of hydrogen-bond donors (Lipinski definition) is 0. The molecule has 0 amide bonds. The lowest BCUT2D eigenvalue weighted by Gasteiger charge is -2.41. The molecule has 2 saturated heterocycles. The number of ether oxygens (including phenoxy) is 1. The summed E-state index contributed by atoms with van der Waals surface area (Å²) in [4.78, 5) is 2.62. The Morgan fingerprint density at radius 3 is 2.38 bits per heavy atom. The van der Waals surface area contributed by atoms with E-state index in [-0.39, 0.29) is 0 Å². The Morgan fingerprint density at radius 1 is 1.23 bits per heavy atom. The van der Waals surface area contributed by atoms with Crippen molar-refractivity contribution in [1.29, 1.82) is 0 Å². The Labute approximate surface area is 81.3 Å². The summed E-state index contributed by atoms with van der Waals surface area (Å²) in [5, 5.41) is 0. The second kappa shape index (κ2) is 4.43. The Morgan fingerprint density at radius 2 is 1.92 bits per heavy atom. The van der Waals surface area contributed by atoms with E-state index in [1.165, 1.54) is 38.8 Å². The Balaban J connectivity index is 1.69. The van der Waals surface area contributed by atoms with Gasteiger partial charge in [-0.3, -0.25) is 4.90 Å². The molecule has 0 unspecified atom stereocenters. The third kappa shape index (κ3) is 2.23. The van der Waals surface area contributed by atoms with Crippen LogP contribution in [0.5, 0.6) is 0 Å². The summed E-state index contributed by atoms with van der Waals surface area (Å²) in [7, 11) is 0. The van der Waals surface area contributed by atoms with E-state index in [1.54, 1.807) is 0 Å². The average molecular weight is 183 g/mol. The molecular weight excluding hydrogens is 162 g/mol. The molecule has 13 heavy (non-hydrogen) atoms. The van der Waals surface area contributed by atoms with Crippen LogP contribution in [0.4, 0.5) is 0 Å². The first kappa shape index (κ1) is 9.47. The second-order valence-corrected chi connectivity index (χ2v) is 4.46. The fourth-order valence-corrected chi connectivity index (χ4v) is 2.45. The highest BCUT2D eigenvalue weighted by atomic mass is 16.5. The standard InChI is InChI=1S/C11H21NO/c1-2-3-10-4-6-12(7-5-10)11-8-13-9-11/h10-11H,2-9H2,1H3. The van der Waals surface area contributed by atoms with E-state index in [9.17, 15) is 0 Å². The number of likely N-dealkylation sites (tertiary alicyclic amines) is 1. The minimum atomic E-state index is 0.766. The molecule has 2 heteroatoms. The van der Waals surface area contributed by atoms with E-state index in [4.69, 9.17) is 4.74 Å². The summed E-state index contributed by atoms with van der Waals surface area (Å²) in [6.07, 6.45) is 5.64. The fraction of sp³-hybridized carbons (Fsp3) is 1.00. The van der Waals surface area contributed by atoms with Crippen LogP contribution in [0.15, 0.2) is 0 Å². The zero-order valence-corrected chi connectivity index (χ0v) is 8.67. The van der Waals surface area contributed by atoms with E-state index in [1.807, 2.05) is 0 Å². The van der Waals surface area contributed by atoms with Gasteiger partial charge in [0, 0.05) is 0 Å². The lowest BCUT2D eigenvalue weighted by Crippen LogP contribution is -2.51. The molecule has 0 aliphatic carbocycles. The molecule has 0 radical (unpaired) electrons. The molecule has 76 valence electrons. The highest BCUT2D eigenvalue weighted by molar-refractivity contribution is 4.81. The van der Waals surface area contributed by atoms with Crippen molar-refractivity contribution in [3.05, 3.63) is 0 Å². The molecule has 2 aliphatic heterocycles. The van der Waals surface area contributed by atoms with Crippen molar-refractivity contribution >= 4 is 0 Å². The van der Waals surface area contributed by atoms with Crippen molar-refractivity contribution in [3.63, 3.8) is 0 Å². The van der Waals surface area contributed by atoms with Crippen molar-refractivity contribution in [1.82, 2.24) is 4.90 Å². The summed E-state index contributed by atoms with van der Waals surface area (Å²) in [6.45, 7) is 6.90. The number of piperidine rings is 1. The maximum absolute atomic E-state index is 5.22. The number of rotatable bonds is 3. The second-order valence-electron chi connectivity index (χ2n) is 4.46. The molecule has 0 spiro atoms. The average Bonchev–Trinajstić information content (AvgIpc) is 2.06.